The molecule has 0 amide bonds. The third-order valence-corrected chi connectivity index (χ3v) is 3.38. The molecule has 16 heavy (non-hydrogen) atoms. The summed E-state index contributed by atoms with van der Waals surface area (Å²) in [5.74, 6) is 0. The van der Waals surface area contributed by atoms with Gasteiger partial charge in [-0.2, -0.15) is 0 Å². The zero-order valence-corrected chi connectivity index (χ0v) is 9.88. The van der Waals surface area contributed by atoms with E-state index >= 15 is 0 Å². The van der Waals surface area contributed by atoms with Gasteiger partial charge in [-0.05, 0) is 17.5 Å². The van der Waals surface area contributed by atoms with E-state index in [0.29, 0.717) is 0 Å². The fourth-order valence-corrected chi connectivity index (χ4v) is 2.39. The molecule has 1 aromatic carbocycles. The smallest absolute Gasteiger partial charge is 0.141 e. The van der Waals surface area contributed by atoms with Crippen LogP contribution in [0.15, 0.2) is 24.3 Å². The molecule has 0 aromatic heterocycles. The number of hydrogen-bond donors (Lipinski definition) is 1. The Balaban J connectivity index is 2.00. The summed E-state index contributed by atoms with van der Waals surface area (Å²) in [6, 6.07) is 7.86. The number of fused-ring (bicyclic) bond motifs is 1. The standard InChI is InChI=1S/C14H20FN/c1-2-3-4-9-13-14(15)12-8-6-5-7-11(12)10-16-13/h5-8,13-14,16H,2-4,9-10H2,1H3/t13-,14-/m1/s1. The Morgan fingerprint density at radius 2 is 2.12 bits per heavy atom. The van der Waals surface area contributed by atoms with Crippen LogP contribution in [-0.2, 0) is 6.54 Å². The van der Waals surface area contributed by atoms with Gasteiger partial charge in [0.25, 0.3) is 0 Å². The molecule has 1 nitrogen and oxygen atoms in total. The number of unbranched alkanes of at least 4 members (excludes halogenated alkanes) is 2. The summed E-state index contributed by atoms with van der Waals surface area (Å²) in [7, 11) is 0. The van der Waals surface area contributed by atoms with Crippen LogP contribution in [0.5, 0.6) is 0 Å². The molecule has 0 spiro atoms. The Morgan fingerprint density at radius 3 is 2.94 bits per heavy atom. The van der Waals surface area contributed by atoms with Crippen LogP contribution in [-0.4, -0.2) is 6.04 Å². The SMILES string of the molecule is CCCCC[C@H]1NCc2ccccc2[C@H]1F. The Kier molecular flexibility index (Phi) is 3.94. The maximum absolute atomic E-state index is 14.2. The van der Waals surface area contributed by atoms with Gasteiger partial charge >= 0.3 is 0 Å². The normalized spacial score (nSPS) is 24.1. The van der Waals surface area contributed by atoms with Crippen molar-refractivity contribution in [2.24, 2.45) is 0 Å². The first-order valence-electron chi connectivity index (χ1n) is 6.28. The Bertz CT molecular complexity index is 337. The van der Waals surface area contributed by atoms with E-state index in [2.05, 4.69) is 12.2 Å². The number of rotatable bonds is 4. The summed E-state index contributed by atoms with van der Waals surface area (Å²) in [5.41, 5.74) is 2.00. The summed E-state index contributed by atoms with van der Waals surface area (Å²) < 4.78 is 14.2. The Hall–Kier alpha value is -0.890. The van der Waals surface area contributed by atoms with E-state index in [1.165, 1.54) is 12.8 Å². The van der Waals surface area contributed by atoms with Crippen molar-refractivity contribution in [1.82, 2.24) is 5.32 Å². The van der Waals surface area contributed by atoms with Gasteiger partial charge in [0.1, 0.15) is 6.17 Å². The highest BCUT2D eigenvalue weighted by Gasteiger charge is 2.27. The van der Waals surface area contributed by atoms with Crippen molar-refractivity contribution in [2.75, 3.05) is 0 Å². The molecule has 0 unspecified atom stereocenters. The first-order chi connectivity index (χ1) is 7.83. The lowest BCUT2D eigenvalue weighted by Gasteiger charge is -2.29. The quantitative estimate of drug-likeness (QED) is 0.763. The lowest BCUT2D eigenvalue weighted by molar-refractivity contribution is 0.222. The van der Waals surface area contributed by atoms with E-state index < -0.39 is 6.17 Å². The van der Waals surface area contributed by atoms with Crippen molar-refractivity contribution < 1.29 is 4.39 Å². The predicted molar refractivity (Wildman–Crippen MR) is 65.1 cm³/mol. The van der Waals surface area contributed by atoms with Crippen molar-refractivity contribution in [2.45, 2.75) is 51.4 Å². The molecule has 1 aliphatic rings. The molecule has 0 aliphatic carbocycles. The van der Waals surface area contributed by atoms with Gasteiger partial charge in [0.2, 0.25) is 0 Å². The fraction of sp³-hybridized carbons (Fsp3) is 0.571. The van der Waals surface area contributed by atoms with Crippen molar-refractivity contribution >= 4 is 0 Å². The highest BCUT2D eigenvalue weighted by Crippen LogP contribution is 2.31. The maximum atomic E-state index is 14.2. The topological polar surface area (TPSA) is 12.0 Å². The minimum absolute atomic E-state index is 0.0152. The minimum atomic E-state index is -0.832. The van der Waals surface area contributed by atoms with E-state index in [-0.39, 0.29) is 6.04 Å². The minimum Gasteiger partial charge on any atom is -0.307 e. The van der Waals surface area contributed by atoms with Gasteiger partial charge in [-0.1, -0.05) is 50.5 Å². The number of hydrogen-bond acceptors (Lipinski definition) is 1. The first-order valence-corrected chi connectivity index (χ1v) is 6.28. The van der Waals surface area contributed by atoms with Crippen molar-refractivity contribution in [3.8, 4) is 0 Å². The van der Waals surface area contributed by atoms with Gasteiger partial charge in [0.05, 0.1) is 0 Å². The summed E-state index contributed by atoms with van der Waals surface area (Å²) in [5, 5.41) is 3.31. The van der Waals surface area contributed by atoms with Gasteiger partial charge in [-0.15, -0.1) is 0 Å². The van der Waals surface area contributed by atoms with Gasteiger partial charge in [-0.3, -0.25) is 0 Å². The molecule has 0 radical (unpaired) electrons. The monoisotopic (exact) mass is 221 g/mol. The van der Waals surface area contributed by atoms with E-state index in [9.17, 15) is 4.39 Å². The van der Waals surface area contributed by atoms with Crippen molar-refractivity contribution in [3.05, 3.63) is 35.4 Å². The largest absolute Gasteiger partial charge is 0.307 e. The zero-order chi connectivity index (χ0) is 11.4. The molecule has 0 bridgehead atoms. The summed E-state index contributed by atoms with van der Waals surface area (Å²) in [4.78, 5) is 0. The average molecular weight is 221 g/mol. The second-order valence-electron chi connectivity index (χ2n) is 4.58. The zero-order valence-electron chi connectivity index (χ0n) is 9.88. The molecule has 1 heterocycles. The van der Waals surface area contributed by atoms with Crippen LogP contribution in [0.3, 0.4) is 0 Å². The van der Waals surface area contributed by atoms with Crippen LogP contribution in [0.4, 0.5) is 4.39 Å². The maximum Gasteiger partial charge on any atom is 0.141 e. The van der Waals surface area contributed by atoms with Gasteiger partial charge in [0.15, 0.2) is 0 Å². The van der Waals surface area contributed by atoms with Crippen LogP contribution >= 0.6 is 0 Å². The van der Waals surface area contributed by atoms with Crippen LogP contribution in [0, 0.1) is 0 Å². The van der Waals surface area contributed by atoms with Crippen molar-refractivity contribution in [3.63, 3.8) is 0 Å². The van der Waals surface area contributed by atoms with E-state index in [0.717, 1.165) is 30.5 Å². The molecule has 0 fully saturated rings. The number of halogens is 1. The van der Waals surface area contributed by atoms with Gasteiger partial charge < -0.3 is 5.32 Å². The summed E-state index contributed by atoms with van der Waals surface area (Å²) in [6.45, 7) is 2.99. The number of nitrogens with one attached hydrogen (secondary N) is 1. The number of alkyl halides is 1. The molecule has 2 atom stereocenters. The number of benzene rings is 1. The second kappa shape index (κ2) is 5.44. The van der Waals surface area contributed by atoms with Crippen LogP contribution in [0.25, 0.3) is 0 Å². The van der Waals surface area contributed by atoms with Gasteiger partial charge in [0, 0.05) is 12.6 Å². The lowest BCUT2D eigenvalue weighted by Crippen LogP contribution is -2.37. The van der Waals surface area contributed by atoms with Crippen LogP contribution < -0.4 is 5.32 Å². The molecular formula is C14H20FN. The molecule has 1 aliphatic heterocycles. The molecule has 1 aromatic rings. The predicted octanol–water partition coefficient (Wildman–Crippen LogP) is 3.75. The van der Waals surface area contributed by atoms with E-state index in [1.54, 1.807) is 0 Å². The molecule has 1 N–H and O–H groups in total. The third kappa shape index (κ3) is 2.43. The average Bonchev–Trinajstić information content (AvgIpc) is 2.33. The van der Waals surface area contributed by atoms with E-state index in [1.807, 2.05) is 24.3 Å². The Labute approximate surface area is 97.1 Å². The first kappa shape index (κ1) is 11.6. The van der Waals surface area contributed by atoms with Gasteiger partial charge in [-0.25, -0.2) is 4.39 Å². The summed E-state index contributed by atoms with van der Waals surface area (Å²) >= 11 is 0. The Morgan fingerprint density at radius 1 is 1.31 bits per heavy atom. The molecule has 0 saturated carbocycles. The molecule has 88 valence electrons. The highest BCUT2D eigenvalue weighted by molar-refractivity contribution is 5.32. The third-order valence-electron chi connectivity index (χ3n) is 3.38. The van der Waals surface area contributed by atoms with E-state index in [4.69, 9.17) is 0 Å². The van der Waals surface area contributed by atoms with Crippen molar-refractivity contribution in [1.29, 1.82) is 0 Å². The van der Waals surface area contributed by atoms with Crippen LogP contribution in [0.2, 0.25) is 0 Å². The molecule has 0 saturated heterocycles. The molecule has 2 rings (SSSR count). The molecular weight excluding hydrogens is 201 g/mol. The molecule has 2 heteroatoms. The highest BCUT2D eigenvalue weighted by atomic mass is 19.1. The fourth-order valence-electron chi connectivity index (χ4n) is 2.39. The lowest BCUT2D eigenvalue weighted by atomic mass is 9.91. The summed E-state index contributed by atoms with van der Waals surface area (Å²) in [6.07, 6.45) is 3.63. The van der Waals surface area contributed by atoms with Crippen LogP contribution in [0.1, 0.15) is 49.9 Å². The second-order valence-corrected chi connectivity index (χ2v) is 4.58.